The van der Waals surface area contributed by atoms with Gasteiger partial charge in [0.1, 0.15) is 0 Å². The normalized spacial score (nSPS) is 14.8. The molecule has 0 unspecified atom stereocenters. The highest BCUT2D eigenvalue weighted by molar-refractivity contribution is 6.01. The Morgan fingerprint density at radius 1 is 1.22 bits per heavy atom. The van der Waals surface area contributed by atoms with E-state index in [9.17, 15) is 9.59 Å². The number of amides is 2. The minimum Gasteiger partial charge on any atom is -0.364 e. The number of hydrogen-bond acceptors (Lipinski definition) is 3. The van der Waals surface area contributed by atoms with Crippen LogP contribution in [0.4, 0.5) is 5.82 Å². The lowest BCUT2D eigenvalue weighted by Crippen LogP contribution is -2.24. The van der Waals surface area contributed by atoms with E-state index in [-0.39, 0.29) is 23.3 Å². The van der Waals surface area contributed by atoms with Crippen LogP contribution >= 0.6 is 0 Å². The summed E-state index contributed by atoms with van der Waals surface area (Å²) in [5, 5.41) is 2.77. The number of imidazole rings is 1. The maximum atomic E-state index is 12.2. The molecule has 1 aromatic heterocycles. The van der Waals surface area contributed by atoms with E-state index in [2.05, 4.69) is 10.3 Å². The summed E-state index contributed by atoms with van der Waals surface area (Å²) >= 11 is 0. The standard InChI is InChI=1S/C17H20N4O2/c18-15(22)14-16(20-17(23)13-8-4-5-9-13)19-11-21(14)10-12-6-2-1-3-7-12/h1-3,6-7,11,13H,4-5,8-10H2,(H2,18,22)(H,20,23). The first-order chi connectivity index (χ1) is 11.1. The van der Waals surface area contributed by atoms with Gasteiger partial charge >= 0.3 is 0 Å². The van der Waals surface area contributed by atoms with Gasteiger partial charge in [-0.25, -0.2) is 4.98 Å². The number of rotatable bonds is 5. The minimum atomic E-state index is -0.597. The second-order valence-corrected chi connectivity index (χ2v) is 5.89. The third-order valence-electron chi connectivity index (χ3n) is 4.23. The van der Waals surface area contributed by atoms with E-state index in [0.717, 1.165) is 31.2 Å². The van der Waals surface area contributed by atoms with Crippen molar-refractivity contribution in [2.75, 3.05) is 5.32 Å². The van der Waals surface area contributed by atoms with Crippen LogP contribution < -0.4 is 11.1 Å². The fourth-order valence-electron chi connectivity index (χ4n) is 3.04. The summed E-state index contributed by atoms with van der Waals surface area (Å²) in [6.45, 7) is 0.478. The van der Waals surface area contributed by atoms with Crippen LogP contribution in [0.25, 0.3) is 0 Å². The Hall–Kier alpha value is -2.63. The lowest BCUT2D eigenvalue weighted by molar-refractivity contribution is -0.119. The third kappa shape index (κ3) is 3.41. The molecule has 6 heteroatoms. The molecule has 1 heterocycles. The fourth-order valence-corrected chi connectivity index (χ4v) is 3.04. The topological polar surface area (TPSA) is 90.0 Å². The molecule has 0 spiro atoms. The number of anilines is 1. The maximum Gasteiger partial charge on any atom is 0.269 e. The summed E-state index contributed by atoms with van der Waals surface area (Å²) in [5.74, 6) is -0.407. The van der Waals surface area contributed by atoms with E-state index in [1.807, 2.05) is 30.3 Å². The molecule has 0 saturated heterocycles. The van der Waals surface area contributed by atoms with Crippen LogP contribution in [0.15, 0.2) is 36.7 Å². The molecule has 1 aliphatic rings. The molecular formula is C17H20N4O2. The van der Waals surface area contributed by atoms with E-state index in [1.54, 1.807) is 4.57 Å². The molecule has 1 fully saturated rings. The van der Waals surface area contributed by atoms with Gasteiger partial charge in [-0.1, -0.05) is 43.2 Å². The third-order valence-corrected chi connectivity index (χ3v) is 4.23. The summed E-state index contributed by atoms with van der Waals surface area (Å²) in [6, 6.07) is 9.71. The minimum absolute atomic E-state index is 0.00926. The lowest BCUT2D eigenvalue weighted by Gasteiger charge is -2.10. The Morgan fingerprint density at radius 3 is 2.57 bits per heavy atom. The molecule has 2 amide bonds. The van der Waals surface area contributed by atoms with Gasteiger partial charge in [-0.3, -0.25) is 9.59 Å². The van der Waals surface area contributed by atoms with Crippen LogP contribution in [0.2, 0.25) is 0 Å². The van der Waals surface area contributed by atoms with Gasteiger partial charge in [-0.2, -0.15) is 0 Å². The number of nitrogens with two attached hydrogens (primary N) is 1. The number of carbonyl (C=O) groups is 2. The van der Waals surface area contributed by atoms with Crippen molar-refractivity contribution in [2.24, 2.45) is 11.7 Å². The van der Waals surface area contributed by atoms with Gasteiger partial charge in [0, 0.05) is 12.5 Å². The average molecular weight is 312 g/mol. The first kappa shape index (κ1) is 15.3. The van der Waals surface area contributed by atoms with E-state index >= 15 is 0 Å². The first-order valence-corrected chi connectivity index (χ1v) is 7.85. The smallest absolute Gasteiger partial charge is 0.269 e. The molecule has 0 aliphatic heterocycles. The van der Waals surface area contributed by atoms with Crippen LogP contribution in [0, 0.1) is 5.92 Å². The van der Waals surface area contributed by atoms with Gasteiger partial charge in [0.15, 0.2) is 11.5 Å². The fraction of sp³-hybridized carbons (Fsp3) is 0.353. The number of aromatic nitrogens is 2. The Bertz CT molecular complexity index is 703. The highest BCUT2D eigenvalue weighted by Crippen LogP contribution is 2.26. The number of benzene rings is 1. The summed E-state index contributed by atoms with van der Waals surface area (Å²) < 4.78 is 1.67. The molecule has 1 aliphatic carbocycles. The van der Waals surface area contributed by atoms with Crippen LogP contribution in [-0.4, -0.2) is 21.4 Å². The molecular weight excluding hydrogens is 292 g/mol. The maximum absolute atomic E-state index is 12.2. The average Bonchev–Trinajstić information content (AvgIpc) is 3.18. The second-order valence-electron chi connectivity index (χ2n) is 5.89. The lowest BCUT2D eigenvalue weighted by atomic mass is 10.1. The Labute approximate surface area is 134 Å². The molecule has 3 rings (SSSR count). The predicted octanol–water partition coefficient (Wildman–Crippen LogP) is 2.16. The molecule has 1 saturated carbocycles. The molecule has 0 bridgehead atoms. The van der Waals surface area contributed by atoms with E-state index < -0.39 is 5.91 Å². The van der Waals surface area contributed by atoms with Crippen LogP contribution in [0.5, 0.6) is 0 Å². The summed E-state index contributed by atoms with van der Waals surface area (Å²) in [6.07, 6.45) is 5.47. The molecule has 1 aromatic carbocycles. The van der Waals surface area contributed by atoms with Gasteiger partial charge in [-0.15, -0.1) is 0 Å². The zero-order valence-corrected chi connectivity index (χ0v) is 12.9. The summed E-state index contributed by atoms with van der Waals surface area (Å²) in [7, 11) is 0. The van der Waals surface area contributed by atoms with E-state index in [0.29, 0.717) is 6.54 Å². The Morgan fingerprint density at radius 2 is 1.91 bits per heavy atom. The molecule has 0 atom stereocenters. The van der Waals surface area contributed by atoms with Crippen molar-refractivity contribution in [1.82, 2.24) is 9.55 Å². The second kappa shape index (κ2) is 6.64. The largest absolute Gasteiger partial charge is 0.364 e. The van der Waals surface area contributed by atoms with Gasteiger partial charge in [0.2, 0.25) is 5.91 Å². The van der Waals surface area contributed by atoms with Crippen molar-refractivity contribution < 1.29 is 9.59 Å². The molecule has 2 aromatic rings. The van der Waals surface area contributed by atoms with Crippen molar-refractivity contribution in [3.63, 3.8) is 0 Å². The SMILES string of the molecule is NC(=O)c1c(NC(=O)C2CCCC2)ncn1Cc1ccccc1. The van der Waals surface area contributed by atoms with Crippen molar-refractivity contribution in [1.29, 1.82) is 0 Å². The van der Waals surface area contributed by atoms with Crippen molar-refractivity contribution in [2.45, 2.75) is 32.2 Å². The predicted molar refractivity (Wildman–Crippen MR) is 86.9 cm³/mol. The number of nitrogens with zero attached hydrogens (tertiary/aromatic N) is 2. The zero-order valence-electron chi connectivity index (χ0n) is 12.9. The van der Waals surface area contributed by atoms with E-state index in [1.165, 1.54) is 6.33 Å². The highest BCUT2D eigenvalue weighted by Gasteiger charge is 2.25. The molecule has 0 radical (unpaired) electrons. The Balaban J connectivity index is 1.81. The quantitative estimate of drug-likeness (QED) is 0.886. The zero-order chi connectivity index (χ0) is 16.2. The molecule has 6 nitrogen and oxygen atoms in total. The van der Waals surface area contributed by atoms with E-state index in [4.69, 9.17) is 5.73 Å². The number of hydrogen-bond donors (Lipinski definition) is 2. The first-order valence-electron chi connectivity index (χ1n) is 7.85. The van der Waals surface area contributed by atoms with Gasteiger partial charge in [-0.05, 0) is 18.4 Å². The van der Waals surface area contributed by atoms with Crippen LogP contribution in [0.3, 0.4) is 0 Å². The Kier molecular flexibility index (Phi) is 4.41. The summed E-state index contributed by atoms with van der Waals surface area (Å²) in [5.41, 5.74) is 6.76. The highest BCUT2D eigenvalue weighted by atomic mass is 16.2. The summed E-state index contributed by atoms with van der Waals surface area (Å²) in [4.78, 5) is 28.2. The van der Waals surface area contributed by atoms with Crippen LogP contribution in [0.1, 0.15) is 41.7 Å². The molecule has 120 valence electrons. The monoisotopic (exact) mass is 312 g/mol. The molecule has 23 heavy (non-hydrogen) atoms. The van der Waals surface area contributed by atoms with Crippen molar-refractivity contribution >= 4 is 17.6 Å². The van der Waals surface area contributed by atoms with Crippen molar-refractivity contribution in [3.05, 3.63) is 47.9 Å². The van der Waals surface area contributed by atoms with Crippen molar-refractivity contribution in [3.8, 4) is 0 Å². The number of nitrogens with one attached hydrogen (secondary N) is 1. The van der Waals surface area contributed by atoms with Gasteiger partial charge < -0.3 is 15.6 Å². The number of carbonyl (C=O) groups excluding carboxylic acids is 2. The molecule has 3 N–H and O–H groups in total. The van der Waals surface area contributed by atoms with Gasteiger partial charge in [0.25, 0.3) is 5.91 Å². The van der Waals surface area contributed by atoms with Gasteiger partial charge in [0.05, 0.1) is 6.33 Å². The number of primary amides is 1. The van der Waals surface area contributed by atoms with Crippen LogP contribution in [-0.2, 0) is 11.3 Å².